The van der Waals surface area contributed by atoms with E-state index in [2.05, 4.69) is 0 Å². The van der Waals surface area contributed by atoms with Gasteiger partial charge in [0, 0.05) is 37.1 Å². The van der Waals surface area contributed by atoms with E-state index in [1.807, 2.05) is 23.1 Å². The minimum Gasteiger partial charge on any atom is -0.454 e. The Labute approximate surface area is 191 Å². The van der Waals surface area contributed by atoms with Crippen LogP contribution in [-0.4, -0.2) is 50.8 Å². The van der Waals surface area contributed by atoms with Crippen molar-refractivity contribution in [1.29, 1.82) is 0 Å². The molecule has 1 atom stereocenters. The van der Waals surface area contributed by atoms with Gasteiger partial charge in [-0.05, 0) is 60.2 Å². The lowest BCUT2D eigenvalue weighted by atomic mass is 10.00. The molecule has 4 heterocycles. The fourth-order valence-corrected chi connectivity index (χ4v) is 7.99. The van der Waals surface area contributed by atoms with Crippen LogP contribution >= 0.6 is 11.8 Å². The molecular weight excluding hydrogens is 448 g/mol. The SMILES string of the molecule is O=C1CCc2cc(S(=O)(=O)N3CCSC(c4ccc5c(c4)OCO5)CC3)cc3c2N1CC3. The van der Waals surface area contributed by atoms with E-state index in [4.69, 9.17) is 9.47 Å². The molecule has 1 unspecified atom stereocenters. The van der Waals surface area contributed by atoms with Crippen LogP contribution in [-0.2, 0) is 27.7 Å². The molecule has 1 saturated heterocycles. The number of amides is 1. The molecule has 0 aromatic heterocycles. The Morgan fingerprint density at radius 1 is 0.938 bits per heavy atom. The van der Waals surface area contributed by atoms with E-state index in [1.165, 1.54) is 0 Å². The average molecular weight is 473 g/mol. The van der Waals surface area contributed by atoms with Crippen LogP contribution in [0.2, 0.25) is 0 Å². The number of aryl methyl sites for hydroxylation is 1. The Bertz CT molecular complexity index is 1210. The zero-order valence-corrected chi connectivity index (χ0v) is 19.2. The van der Waals surface area contributed by atoms with Gasteiger partial charge in [-0.1, -0.05) is 6.07 Å². The van der Waals surface area contributed by atoms with Crippen molar-refractivity contribution >= 4 is 33.4 Å². The fourth-order valence-electron chi connectivity index (χ4n) is 5.09. The lowest BCUT2D eigenvalue weighted by Crippen LogP contribution is -2.34. The maximum absolute atomic E-state index is 13.6. The number of anilines is 1. The first-order valence-corrected chi connectivity index (χ1v) is 13.5. The van der Waals surface area contributed by atoms with Crippen molar-refractivity contribution in [2.45, 2.75) is 35.8 Å². The summed E-state index contributed by atoms with van der Waals surface area (Å²) in [5.74, 6) is 2.40. The average Bonchev–Trinajstić information content (AvgIpc) is 3.36. The highest BCUT2D eigenvalue weighted by Crippen LogP contribution is 2.42. The van der Waals surface area contributed by atoms with Gasteiger partial charge in [-0.3, -0.25) is 4.79 Å². The van der Waals surface area contributed by atoms with Gasteiger partial charge in [0.25, 0.3) is 0 Å². The van der Waals surface area contributed by atoms with Crippen molar-refractivity contribution in [3.05, 3.63) is 47.0 Å². The van der Waals surface area contributed by atoms with Crippen LogP contribution < -0.4 is 14.4 Å². The lowest BCUT2D eigenvalue weighted by molar-refractivity contribution is -0.118. The number of hydrogen-bond acceptors (Lipinski definition) is 6. The normalized spacial score (nSPS) is 22.7. The maximum atomic E-state index is 13.6. The summed E-state index contributed by atoms with van der Waals surface area (Å²) in [6.07, 6.45) is 2.53. The third-order valence-electron chi connectivity index (χ3n) is 6.73. The van der Waals surface area contributed by atoms with Crippen LogP contribution in [0.25, 0.3) is 0 Å². The Balaban J connectivity index is 1.24. The van der Waals surface area contributed by atoms with Crippen molar-refractivity contribution in [2.75, 3.05) is 37.1 Å². The number of ether oxygens (including phenoxy) is 2. The first-order valence-electron chi connectivity index (χ1n) is 11.0. The molecule has 7 nitrogen and oxygen atoms in total. The molecule has 1 amide bonds. The molecular formula is C23H24N2O5S2. The Hall–Kier alpha value is -2.23. The van der Waals surface area contributed by atoms with Crippen molar-refractivity contribution in [3.8, 4) is 11.5 Å². The van der Waals surface area contributed by atoms with Crippen molar-refractivity contribution in [2.24, 2.45) is 0 Å². The summed E-state index contributed by atoms with van der Waals surface area (Å²) in [5.41, 5.74) is 4.07. The number of thioether (sulfide) groups is 1. The number of rotatable bonds is 3. The number of sulfonamides is 1. The Morgan fingerprint density at radius 2 is 1.75 bits per heavy atom. The first-order chi connectivity index (χ1) is 15.5. The van der Waals surface area contributed by atoms with Gasteiger partial charge in [0.2, 0.25) is 22.7 Å². The largest absolute Gasteiger partial charge is 0.454 e. The van der Waals surface area contributed by atoms with Gasteiger partial charge in [0.1, 0.15) is 0 Å². The molecule has 0 saturated carbocycles. The predicted octanol–water partition coefficient (Wildman–Crippen LogP) is 3.12. The van der Waals surface area contributed by atoms with Crippen molar-refractivity contribution in [1.82, 2.24) is 4.31 Å². The molecule has 1 fully saturated rings. The van der Waals surface area contributed by atoms with Crippen LogP contribution in [0.15, 0.2) is 35.2 Å². The minimum absolute atomic E-state index is 0.144. The van der Waals surface area contributed by atoms with Gasteiger partial charge in [0.05, 0.1) is 10.6 Å². The standard InChI is InChI=1S/C23H24N2O5S2/c26-22-4-2-16-11-18(12-17-5-8-25(22)23(16)17)32(27,28)24-7-6-21(31-10-9-24)15-1-3-19-20(13-15)30-14-29-19/h1,3,11-13,21H,2,4-10,14H2. The Morgan fingerprint density at radius 3 is 2.62 bits per heavy atom. The molecule has 32 heavy (non-hydrogen) atoms. The van der Waals surface area contributed by atoms with E-state index in [0.29, 0.717) is 37.4 Å². The van der Waals surface area contributed by atoms with E-state index < -0.39 is 10.0 Å². The van der Waals surface area contributed by atoms with Crippen molar-refractivity contribution in [3.63, 3.8) is 0 Å². The maximum Gasteiger partial charge on any atom is 0.243 e. The molecule has 4 aliphatic heterocycles. The predicted molar refractivity (Wildman–Crippen MR) is 122 cm³/mol. The van der Waals surface area contributed by atoms with E-state index in [-0.39, 0.29) is 18.0 Å². The van der Waals surface area contributed by atoms with Gasteiger partial charge >= 0.3 is 0 Å². The van der Waals surface area contributed by atoms with Crippen LogP contribution in [0, 0.1) is 0 Å². The molecule has 168 valence electrons. The monoisotopic (exact) mass is 472 g/mol. The molecule has 0 spiro atoms. The molecule has 4 aliphatic rings. The summed E-state index contributed by atoms with van der Waals surface area (Å²) >= 11 is 1.79. The number of fused-ring (bicyclic) bond motifs is 1. The van der Waals surface area contributed by atoms with E-state index in [9.17, 15) is 13.2 Å². The number of nitrogens with zero attached hydrogens (tertiary/aromatic N) is 2. The molecule has 0 N–H and O–H groups in total. The van der Waals surface area contributed by atoms with Gasteiger partial charge in [-0.15, -0.1) is 0 Å². The molecule has 0 aliphatic carbocycles. The smallest absolute Gasteiger partial charge is 0.243 e. The van der Waals surface area contributed by atoms with Gasteiger partial charge in [0.15, 0.2) is 11.5 Å². The number of hydrogen-bond donors (Lipinski definition) is 0. The van der Waals surface area contributed by atoms with Gasteiger partial charge in [-0.25, -0.2) is 8.42 Å². The molecule has 6 rings (SSSR count). The summed E-state index contributed by atoms with van der Waals surface area (Å²) in [4.78, 5) is 14.4. The van der Waals surface area contributed by atoms with Crippen LogP contribution in [0.3, 0.4) is 0 Å². The van der Waals surface area contributed by atoms with E-state index in [1.54, 1.807) is 28.2 Å². The van der Waals surface area contributed by atoms with Crippen LogP contribution in [0.4, 0.5) is 5.69 Å². The quantitative estimate of drug-likeness (QED) is 0.683. The van der Waals surface area contributed by atoms with Crippen molar-refractivity contribution < 1.29 is 22.7 Å². The molecule has 2 aromatic rings. The third-order valence-corrected chi connectivity index (χ3v) is 9.94. The summed E-state index contributed by atoms with van der Waals surface area (Å²) in [7, 11) is -3.59. The van der Waals surface area contributed by atoms with Crippen LogP contribution in [0.1, 0.15) is 34.8 Å². The lowest BCUT2D eigenvalue weighted by Gasteiger charge is -2.26. The first kappa shape index (κ1) is 20.4. The molecule has 2 aromatic carbocycles. The summed E-state index contributed by atoms with van der Waals surface area (Å²) < 4.78 is 39.7. The highest BCUT2D eigenvalue weighted by Gasteiger charge is 2.35. The molecule has 9 heteroatoms. The number of carbonyl (C=O) groups excluding carboxylic acids is 1. The molecule has 0 radical (unpaired) electrons. The van der Waals surface area contributed by atoms with Crippen LogP contribution in [0.5, 0.6) is 11.5 Å². The summed E-state index contributed by atoms with van der Waals surface area (Å²) in [6.45, 7) is 1.87. The summed E-state index contributed by atoms with van der Waals surface area (Å²) in [5, 5.41) is 0.213. The van der Waals surface area contributed by atoms with E-state index in [0.717, 1.165) is 52.5 Å². The minimum atomic E-state index is -3.59. The zero-order chi connectivity index (χ0) is 21.9. The second-order valence-corrected chi connectivity index (χ2v) is 11.8. The van der Waals surface area contributed by atoms with Gasteiger partial charge < -0.3 is 14.4 Å². The van der Waals surface area contributed by atoms with Gasteiger partial charge in [-0.2, -0.15) is 16.1 Å². The zero-order valence-electron chi connectivity index (χ0n) is 17.6. The highest BCUT2D eigenvalue weighted by atomic mass is 32.2. The topological polar surface area (TPSA) is 76.2 Å². The third kappa shape index (κ3) is 3.29. The summed E-state index contributed by atoms with van der Waals surface area (Å²) in [6, 6.07) is 9.59. The second kappa shape index (κ2) is 7.67. The number of benzene rings is 2. The molecule has 0 bridgehead atoms. The highest BCUT2D eigenvalue weighted by molar-refractivity contribution is 7.99. The number of carbonyl (C=O) groups is 1. The fraction of sp³-hybridized carbons (Fsp3) is 0.435. The Kier molecular flexibility index (Phi) is 4.89. The second-order valence-electron chi connectivity index (χ2n) is 8.55. The van der Waals surface area contributed by atoms with E-state index >= 15 is 0 Å².